The standard InChI is InChI=1S/C20H22FNO4/c1-12-8-13(2)19(14(3)9-12)25-11-18(23)26-15(4)20(24)22-17-7-5-6-16(21)10-17/h5-10,15H,11H2,1-4H3,(H,22,24)/t15-/m1/s1. The van der Waals surface area contributed by atoms with Gasteiger partial charge in [-0.3, -0.25) is 4.79 Å². The summed E-state index contributed by atoms with van der Waals surface area (Å²) >= 11 is 0. The van der Waals surface area contributed by atoms with Gasteiger partial charge in [0.15, 0.2) is 12.7 Å². The molecule has 1 amide bonds. The largest absolute Gasteiger partial charge is 0.481 e. The molecule has 0 saturated heterocycles. The predicted octanol–water partition coefficient (Wildman–Crippen LogP) is 3.70. The number of esters is 1. The summed E-state index contributed by atoms with van der Waals surface area (Å²) < 4.78 is 23.7. The van der Waals surface area contributed by atoms with E-state index >= 15 is 0 Å². The van der Waals surface area contributed by atoms with Gasteiger partial charge in [0.25, 0.3) is 5.91 Å². The van der Waals surface area contributed by atoms with Gasteiger partial charge in [-0.15, -0.1) is 0 Å². The summed E-state index contributed by atoms with van der Waals surface area (Å²) in [7, 11) is 0. The molecule has 5 nitrogen and oxygen atoms in total. The number of hydrogen-bond donors (Lipinski definition) is 1. The molecule has 0 aromatic heterocycles. The first-order valence-corrected chi connectivity index (χ1v) is 8.23. The second-order valence-electron chi connectivity index (χ2n) is 6.15. The molecule has 0 aliphatic carbocycles. The second kappa shape index (κ2) is 8.47. The van der Waals surface area contributed by atoms with E-state index in [1.165, 1.54) is 25.1 Å². The molecule has 2 rings (SSSR count). The fourth-order valence-corrected chi connectivity index (χ4v) is 2.62. The zero-order valence-electron chi connectivity index (χ0n) is 15.3. The Balaban J connectivity index is 1.88. The number of rotatable bonds is 6. The lowest BCUT2D eigenvalue weighted by Crippen LogP contribution is -2.31. The number of aryl methyl sites for hydroxylation is 3. The van der Waals surface area contributed by atoms with Gasteiger partial charge in [0, 0.05) is 5.69 Å². The molecule has 0 heterocycles. The van der Waals surface area contributed by atoms with Crippen LogP contribution in [0.3, 0.4) is 0 Å². The maximum atomic E-state index is 13.1. The van der Waals surface area contributed by atoms with Gasteiger partial charge in [0.1, 0.15) is 11.6 Å². The minimum Gasteiger partial charge on any atom is -0.481 e. The third-order valence-corrected chi connectivity index (χ3v) is 3.71. The molecular formula is C20H22FNO4. The average molecular weight is 359 g/mol. The smallest absolute Gasteiger partial charge is 0.344 e. The number of halogens is 1. The number of hydrogen-bond acceptors (Lipinski definition) is 4. The zero-order valence-corrected chi connectivity index (χ0v) is 15.3. The van der Waals surface area contributed by atoms with E-state index < -0.39 is 23.8 Å². The Morgan fingerprint density at radius 2 is 1.77 bits per heavy atom. The van der Waals surface area contributed by atoms with E-state index in [4.69, 9.17) is 9.47 Å². The molecular weight excluding hydrogens is 337 g/mol. The van der Waals surface area contributed by atoms with Gasteiger partial charge in [0.05, 0.1) is 0 Å². The first-order chi connectivity index (χ1) is 12.3. The van der Waals surface area contributed by atoms with Crippen molar-refractivity contribution in [3.63, 3.8) is 0 Å². The van der Waals surface area contributed by atoms with E-state index in [2.05, 4.69) is 5.32 Å². The van der Waals surface area contributed by atoms with E-state index in [1.54, 1.807) is 6.07 Å². The highest BCUT2D eigenvalue weighted by Gasteiger charge is 2.19. The molecule has 0 unspecified atom stereocenters. The third-order valence-electron chi connectivity index (χ3n) is 3.71. The van der Waals surface area contributed by atoms with Gasteiger partial charge in [-0.2, -0.15) is 0 Å². The molecule has 0 saturated carbocycles. The molecule has 0 fully saturated rings. The van der Waals surface area contributed by atoms with Gasteiger partial charge in [0.2, 0.25) is 0 Å². The van der Waals surface area contributed by atoms with Gasteiger partial charge in [-0.25, -0.2) is 9.18 Å². The topological polar surface area (TPSA) is 64.6 Å². The van der Waals surface area contributed by atoms with Gasteiger partial charge in [-0.05, 0) is 57.0 Å². The fourth-order valence-electron chi connectivity index (χ4n) is 2.62. The maximum absolute atomic E-state index is 13.1. The lowest BCUT2D eigenvalue weighted by molar-refractivity contribution is -0.155. The van der Waals surface area contributed by atoms with Crippen LogP contribution in [-0.2, 0) is 14.3 Å². The van der Waals surface area contributed by atoms with E-state index in [-0.39, 0.29) is 6.61 Å². The van der Waals surface area contributed by atoms with Crippen LogP contribution in [0, 0.1) is 26.6 Å². The Kier molecular flexibility index (Phi) is 6.33. The Labute approximate surface area is 152 Å². The van der Waals surface area contributed by atoms with E-state index in [0.29, 0.717) is 11.4 Å². The van der Waals surface area contributed by atoms with Crippen LogP contribution in [0.5, 0.6) is 5.75 Å². The van der Waals surface area contributed by atoms with Crippen molar-refractivity contribution in [1.82, 2.24) is 0 Å². The molecule has 1 atom stereocenters. The number of ether oxygens (including phenoxy) is 2. The summed E-state index contributed by atoms with van der Waals surface area (Å²) in [5.41, 5.74) is 3.25. The van der Waals surface area contributed by atoms with Crippen LogP contribution in [0.25, 0.3) is 0 Å². The van der Waals surface area contributed by atoms with Gasteiger partial charge >= 0.3 is 5.97 Å². The second-order valence-corrected chi connectivity index (χ2v) is 6.15. The molecule has 0 aliphatic heterocycles. The van der Waals surface area contributed by atoms with Crippen molar-refractivity contribution in [3.05, 3.63) is 58.9 Å². The average Bonchev–Trinajstić information content (AvgIpc) is 2.53. The van der Waals surface area contributed by atoms with Crippen molar-refractivity contribution in [3.8, 4) is 5.75 Å². The van der Waals surface area contributed by atoms with Crippen LogP contribution in [0.15, 0.2) is 36.4 Å². The molecule has 0 radical (unpaired) electrons. The highest BCUT2D eigenvalue weighted by Crippen LogP contribution is 2.24. The van der Waals surface area contributed by atoms with Crippen LogP contribution in [-0.4, -0.2) is 24.6 Å². The number of amides is 1. The molecule has 6 heteroatoms. The molecule has 0 bridgehead atoms. The molecule has 138 valence electrons. The molecule has 2 aromatic rings. The van der Waals surface area contributed by atoms with Crippen molar-refractivity contribution in [1.29, 1.82) is 0 Å². The third kappa shape index (κ3) is 5.31. The van der Waals surface area contributed by atoms with E-state index in [0.717, 1.165) is 16.7 Å². The molecule has 2 aromatic carbocycles. The summed E-state index contributed by atoms with van der Waals surface area (Å²) in [6.45, 7) is 6.92. The highest BCUT2D eigenvalue weighted by atomic mass is 19.1. The minimum absolute atomic E-state index is 0.292. The number of carbonyl (C=O) groups is 2. The Morgan fingerprint density at radius 3 is 2.38 bits per heavy atom. The number of benzene rings is 2. The minimum atomic E-state index is -1.03. The van der Waals surface area contributed by atoms with Crippen molar-refractivity contribution in [2.24, 2.45) is 0 Å². The lowest BCUT2D eigenvalue weighted by atomic mass is 10.1. The summed E-state index contributed by atoms with van der Waals surface area (Å²) in [5.74, 6) is -1.05. The monoisotopic (exact) mass is 359 g/mol. The molecule has 0 spiro atoms. The summed E-state index contributed by atoms with van der Waals surface area (Å²) in [6.07, 6.45) is -1.03. The van der Waals surface area contributed by atoms with Crippen molar-refractivity contribution >= 4 is 17.6 Å². The van der Waals surface area contributed by atoms with Crippen molar-refractivity contribution in [2.45, 2.75) is 33.8 Å². The SMILES string of the molecule is Cc1cc(C)c(OCC(=O)O[C@H](C)C(=O)Nc2cccc(F)c2)c(C)c1. The van der Waals surface area contributed by atoms with E-state index in [9.17, 15) is 14.0 Å². The summed E-state index contributed by atoms with van der Waals surface area (Å²) in [5, 5.41) is 2.49. The normalized spacial score (nSPS) is 11.6. The number of nitrogens with one attached hydrogen (secondary N) is 1. The molecule has 1 N–H and O–H groups in total. The first kappa shape index (κ1) is 19.4. The van der Waals surface area contributed by atoms with Crippen molar-refractivity contribution in [2.75, 3.05) is 11.9 Å². The highest BCUT2D eigenvalue weighted by molar-refractivity contribution is 5.95. The number of carbonyl (C=O) groups excluding carboxylic acids is 2. The summed E-state index contributed by atoms with van der Waals surface area (Å²) in [6, 6.07) is 9.39. The Hall–Kier alpha value is -2.89. The van der Waals surface area contributed by atoms with Gasteiger partial charge in [-0.1, -0.05) is 23.8 Å². The maximum Gasteiger partial charge on any atom is 0.344 e. The molecule has 26 heavy (non-hydrogen) atoms. The van der Waals surface area contributed by atoms with Crippen LogP contribution in [0.2, 0.25) is 0 Å². The quantitative estimate of drug-likeness (QED) is 0.799. The Bertz CT molecular complexity index is 796. The van der Waals surface area contributed by atoms with Crippen LogP contribution in [0.1, 0.15) is 23.6 Å². The Morgan fingerprint density at radius 1 is 1.12 bits per heavy atom. The number of anilines is 1. The van der Waals surface area contributed by atoms with Crippen LogP contribution in [0.4, 0.5) is 10.1 Å². The van der Waals surface area contributed by atoms with Crippen LogP contribution >= 0.6 is 0 Å². The van der Waals surface area contributed by atoms with Crippen LogP contribution < -0.4 is 10.1 Å². The van der Waals surface area contributed by atoms with E-state index in [1.807, 2.05) is 32.9 Å². The zero-order chi connectivity index (χ0) is 19.3. The van der Waals surface area contributed by atoms with Crippen molar-refractivity contribution < 1.29 is 23.5 Å². The lowest BCUT2D eigenvalue weighted by Gasteiger charge is -2.15. The molecule has 0 aliphatic rings. The van der Waals surface area contributed by atoms with Gasteiger partial charge < -0.3 is 14.8 Å². The summed E-state index contributed by atoms with van der Waals surface area (Å²) in [4.78, 5) is 24.0. The fraction of sp³-hybridized carbons (Fsp3) is 0.300. The predicted molar refractivity (Wildman–Crippen MR) is 96.7 cm³/mol. The first-order valence-electron chi connectivity index (χ1n) is 8.23.